The van der Waals surface area contributed by atoms with Gasteiger partial charge in [0.2, 0.25) is 0 Å². The number of hydrogen-bond acceptors (Lipinski definition) is 4. The van der Waals surface area contributed by atoms with Crippen molar-refractivity contribution in [2.45, 2.75) is 58.2 Å². The molecular formula is C23H33N3O3S. The minimum atomic E-state index is -3.19. The zero-order valence-corrected chi connectivity index (χ0v) is 19.3. The predicted molar refractivity (Wildman–Crippen MR) is 123 cm³/mol. The number of benzene rings is 2. The summed E-state index contributed by atoms with van der Waals surface area (Å²) < 4.78 is 29.3. The lowest BCUT2D eigenvalue weighted by Crippen LogP contribution is -2.37. The molecule has 2 aromatic carbocycles. The highest BCUT2D eigenvalue weighted by Gasteiger charge is 2.09. The van der Waals surface area contributed by atoms with Crippen LogP contribution in [0.1, 0.15) is 43.9 Å². The van der Waals surface area contributed by atoms with E-state index < -0.39 is 9.84 Å². The SMILES string of the molecule is CCNC(=NCc1ccc(S(C)(=O)=O)cc1)NCc1ccc(C)cc1OC(C)CC. The van der Waals surface area contributed by atoms with Crippen molar-refractivity contribution in [2.24, 2.45) is 4.99 Å². The smallest absolute Gasteiger partial charge is 0.191 e. The van der Waals surface area contributed by atoms with Crippen LogP contribution in [0.15, 0.2) is 52.4 Å². The van der Waals surface area contributed by atoms with E-state index in [1.165, 1.54) is 6.26 Å². The van der Waals surface area contributed by atoms with Crippen molar-refractivity contribution in [1.29, 1.82) is 0 Å². The maximum Gasteiger partial charge on any atom is 0.191 e. The molecule has 164 valence electrons. The monoisotopic (exact) mass is 431 g/mol. The Labute approximate surface area is 180 Å². The second-order valence-electron chi connectivity index (χ2n) is 7.41. The number of aliphatic imine (C=N–C) groups is 1. The molecule has 0 bridgehead atoms. The van der Waals surface area contributed by atoms with Crippen LogP contribution >= 0.6 is 0 Å². The zero-order chi connectivity index (χ0) is 22.1. The Bertz CT molecular complexity index is 954. The van der Waals surface area contributed by atoms with E-state index in [1.807, 2.05) is 6.92 Å². The van der Waals surface area contributed by atoms with E-state index in [9.17, 15) is 8.42 Å². The molecule has 1 unspecified atom stereocenters. The van der Waals surface area contributed by atoms with Gasteiger partial charge in [0.05, 0.1) is 17.5 Å². The zero-order valence-electron chi connectivity index (χ0n) is 18.5. The number of sulfone groups is 1. The molecule has 0 amide bonds. The summed E-state index contributed by atoms with van der Waals surface area (Å²) in [5.74, 6) is 1.59. The number of rotatable bonds is 9. The molecule has 0 aliphatic rings. The van der Waals surface area contributed by atoms with Gasteiger partial charge in [-0.2, -0.15) is 0 Å². The first-order valence-corrected chi connectivity index (χ1v) is 12.2. The number of aryl methyl sites for hydroxylation is 1. The summed E-state index contributed by atoms with van der Waals surface area (Å²) in [6.07, 6.45) is 2.31. The molecule has 1 atom stereocenters. The molecule has 7 heteroatoms. The molecule has 0 spiro atoms. The molecule has 0 fully saturated rings. The van der Waals surface area contributed by atoms with Crippen LogP contribution in [0.3, 0.4) is 0 Å². The topological polar surface area (TPSA) is 79.8 Å². The molecule has 0 saturated carbocycles. The molecule has 30 heavy (non-hydrogen) atoms. The summed E-state index contributed by atoms with van der Waals surface area (Å²) in [5, 5.41) is 6.60. The highest BCUT2D eigenvalue weighted by atomic mass is 32.2. The highest BCUT2D eigenvalue weighted by Crippen LogP contribution is 2.22. The molecule has 0 radical (unpaired) electrons. The van der Waals surface area contributed by atoms with Crippen molar-refractivity contribution >= 4 is 15.8 Å². The van der Waals surface area contributed by atoms with E-state index >= 15 is 0 Å². The van der Waals surface area contributed by atoms with Crippen molar-refractivity contribution in [3.63, 3.8) is 0 Å². The summed E-state index contributed by atoms with van der Waals surface area (Å²) >= 11 is 0. The average molecular weight is 432 g/mol. The third kappa shape index (κ3) is 7.37. The Balaban J connectivity index is 2.09. The standard InChI is InChI=1S/C23H33N3O3S/c1-6-18(4)29-22-14-17(3)8-11-20(22)16-26-23(24-7-2)25-15-19-9-12-21(13-10-19)30(5,27)28/h8-14,18H,6-7,15-16H2,1-5H3,(H2,24,25,26). The number of hydrogen-bond donors (Lipinski definition) is 2. The van der Waals surface area contributed by atoms with Gasteiger partial charge in [-0.1, -0.05) is 31.2 Å². The maximum atomic E-state index is 11.6. The number of nitrogens with zero attached hydrogens (tertiary/aromatic N) is 1. The fraction of sp³-hybridized carbons (Fsp3) is 0.435. The summed E-state index contributed by atoms with van der Waals surface area (Å²) in [7, 11) is -3.19. The van der Waals surface area contributed by atoms with E-state index in [1.54, 1.807) is 24.3 Å². The molecule has 0 aromatic heterocycles. The summed E-state index contributed by atoms with van der Waals surface area (Å²) in [5.41, 5.74) is 3.18. The van der Waals surface area contributed by atoms with Gasteiger partial charge in [-0.05, 0) is 56.5 Å². The van der Waals surface area contributed by atoms with E-state index in [0.717, 1.165) is 35.4 Å². The van der Waals surface area contributed by atoms with Gasteiger partial charge in [0, 0.05) is 24.9 Å². The highest BCUT2D eigenvalue weighted by molar-refractivity contribution is 7.90. The van der Waals surface area contributed by atoms with Crippen LogP contribution in [0.2, 0.25) is 0 Å². The molecule has 0 aliphatic carbocycles. The van der Waals surface area contributed by atoms with Gasteiger partial charge < -0.3 is 15.4 Å². The van der Waals surface area contributed by atoms with Crippen molar-refractivity contribution in [2.75, 3.05) is 12.8 Å². The minimum Gasteiger partial charge on any atom is -0.490 e. The fourth-order valence-corrected chi connectivity index (χ4v) is 3.38. The van der Waals surface area contributed by atoms with Crippen LogP contribution in [0.25, 0.3) is 0 Å². The quantitative estimate of drug-likeness (QED) is 0.466. The molecule has 0 aliphatic heterocycles. The van der Waals surface area contributed by atoms with Crippen molar-refractivity contribution in [1.82, 2.24) is 10.6 Å². The number of guanidine groups is 1. The molecule has 0 saturated heterocycles. The van der Waals surface area contributed by atoms with Crippen LogP contribution in [0.4, 0.5) is 0 Å². The van der Waals surface area contributed by atoms with E-state index in [2.05, 4.69) is 54.6 Å². The average Bonchev–Trinajstić information content (AvgIpc) is 2.70. The van der Waals surface area contributed by atoms with Crippen LogP contribution in [-0.4, -0.2) is 33.3 Å². The minimum absolute atomic E-state index is 0.155. The van der Waals surface area contributed by atoms with Gasteiger partial charge in [0.25, 0.3) is 0 Å². The predicted octanol–water partition coefficient (Wildman–Crippen LogP) is 3.83. The van der Waals surface area contributed by atoms with Gasteiger partial charge in [-0.3, -0.25) is 0 Å². The Morgan fingerprint density at radius 1 is 1.10 bits per heavy atom. The van der Waals surface area contributed by atoms with Crippen molar-refractivity contribution < 1.29 is 13.2 Å². The second kappa shape index (κ2) is 11.0. The Hall–Kier alpha value is -2.54. The lowest BCUT2D eigenvalue weighted by molar-refractivity contribution is 0.215. The van der Waals surface area contributed by atoms with Gasteiger partial charge in [0.15, 0.2) is 15.8 Å². The van der Waals surface area contributed by atoms with Crippen LogP contribution in [0, 0.1) is 6.92 Å². The largest absolute Gasteiger partial charge is 0.490 e. The van der Waals surface area contributed by atoms with Crippen LogP contribution in [0.5, 0.6) is 5.75 Å². The molecule has 2 rings (SSSR count). The lowest BCUT2D eigenvalue weighted by atomic mass is 10.1. The third-order valence-electron chi connectivity index (χ3n) is 4.69. The summed E-state index contributed by atoms with van der Waals surface area (Å²) in [6.45, 7) is 10.0. The molecule has 2 aromatic rings. The Kier molecular flexibility index (Phi) is 8.72. The first kappa shape index (κ1) is 23.7. The summed E-state index contributed by atoms with van der Waals surface area (Å²) in [6, 6.07) is 13.0. The van der Waals surface area contributed by atoms with Crippen molar-refractivity contribution in [3.05, 3.63) is 59.2 Å². The van der Waals surface area contributed by atoms with E-state index in [-0.39, 0.29) is 6.10 Å². The van der Waals surface area contributed by atoms with Gasteiger partial charge in [0.1, 0.15) is 5.75 Å². The van der Waals surface area contributed by atoms with Gasteiger partial charge >= 0.3 is 0 Å². The summed E-state index contributed by atoms with van der Waals surface area (Å²) in [4.78, 5) is 4.93. The van der Waals surface area contributed by atoms with Gasteiger partial charge in [-0.25, -0.2) is 13.4 Å². The second-order valence-corrected chi connectivity index (χ2v) is 9.43. The van der Waals surface area contributed by atoms with Crippen LogP contribution in [-0.2, 0) is 22.9 Å². The first-order chi connectivity index (χ1) is 14.2. The van der Waals surface area contributed by atoms with Crippen LogP contribution < -0.4 is 15.4 Å². The Morgan fingerprint density at radius 3 is 2.40 bits per heavy atom. The third-order valence-corrected chi connectivity index (χ3v) is 5.82. The fourth-order valence-electron chi connectivity index (χ4n) is 2.75. The normalized spacial score (nSPS) is 13.0. The van der Waals surface area contributed by atoms with Gasteiger partial charge in [-0.15, -0.1) is 0 Å². The molecular weight excluding hydrogens is 398 g/mol. The van der Waals surface area contributed by atoms with Crippen molar-refractivity contribution in [3.8, 4) is 5.75 Å². The van der Waals surface area contributed by atoms with E-state index in [4.69, 9.17) is 4.74 Å². The molecule has 2 N–H and O–H groups in total. The molecule has 0 heterocycles. The number of ether oxygens (including phenoxy) is 1. The Morgan fingerprint density at radius 2 is 1.80 bits per heavy atom. The lowest BCUT2D eigenvalue weighted by Gasteiger charge is -2.18. The molecule has 6 nitrogen and oxygen atoms in total. The van der Waals surface area contributed by atoms with E-state index in [0.29, 0.717) is 23.9 Å². The number of nitrogens with one attached hydrogen (secondary N) is 2. The first-order valence-electron chi connectivity index (χ1n) is 10.3. The maximum absolute atomic E-state index is 11.6.